The molecule has 3 aromatic carbocycles. The van der Waals surface area contributed by atoms with Gasteiger partial charge < -0.3 is 21.3 Å². The molecule has 156 valence electrons. The van der Waals surface area contributed by atoms with Crippen LogP contribution in [0.15, 0.2) is 72.8 Å². The Morgan fingerprint density at radius 3 is 2.45 bits per heavy atom. The molecule has 0 spiro atoms. The van der Waals surface area contributed by atoms with E-state index in [-0.39, 0.29) is 5.91 Å². The Kier molecular flexibility index (Phi) is 5.64. The molecule has 0 saturated heterocycles. The summed E-state index contributed by atoms with van der Waals surface area (Å²) in [6, 6.07) is 22.2. The first-order valence-electron chi connectivity index (χ1n) is 9.70. The van der Waals surface area contributed by atoms with Gasteiger partial charge in [0.15, 0.2) is 0 Å². The van der Waals surface area contributed by atoms with Crippen molar-refractivity contribution >= 4 is 46.2 Å². The van der Waals surface area contributed by atoms with Crippen molar-refractivity contribution in [2.75, 3.05) is 17.7 Å². The Labute approximate surface area is 185 Å². The van der Waals surface area contributed by atoms with Crippen LogP contribution in [0.5, 0.6) is 0 Å². The topological polar surface area (TPSA) is 87.5 Å². The summed E-state index contributed by atoms with van der Waals surface area (Å²) >= 11 is 6.10. The molecule has 4 rings (SSSR count). The number of halogens is 1. The second-order valence-corrected chi connectivity index (χ2v) is 7.71. The molecule has 3 aromatic rings. The first kappa shape index (κ1) is 20.5. The van der Waals surface area contributed by atoms with Crippen molar-refractivity contribution in [3.63, 3.8) is 0 Å². The van der Waals surface area contributed by atoms with E-state index >= 15 is 0 Å². The number of hydrogen-bond acceptors (Lipinski definition) is 3. The number of fused-ring (bicyclic) bond motifs is 1. The summed E-state index contributed by atoms with van der Waals surface area (Å²) in [6.45, 7) is 0.415. The van der Waals surface area contributed by atoms with E-state index in [1.54, 1.807) is 19.2 Å². The van der Waals surface area contributed by atoms with Crippen LogP contribution in [-0.2, 0) is 11.3 Å². The minimum Gasteiger partial charge on any atom is -0.354 e. The number of rotatable bonds is 5. The number of urea groups is 1. The molecule has 0 radical (unpaired) electrons. The lowest BCUT2D eigenvalue weighted by Gasteiger charge is -2.16. The number of nitrogens with two attached hydrogens (primary N) is 1. The molecule has 0 bridgehead atoms. The van der Waals surface area contributed by atoms with Crippen molar-refractivity contribution in [2.45, 2.75) is 6.54 Å². The van der Waals surface area contributed by atoms with Gasteiger partial charge in [-0.25, -0.2) is 4.79 Å². The van der Waals surface area contributed by atoms with Crippen LogP contribution in [0.2, 0.25) is 5.02 Å². The number of nitrogens with one attached hydrogen (secondary N) is 2. The van der Waals surface area contributed by atoms with Gasteiger partial charge in [-0.1, -0.05) is 60.1 Å². The van der Waals surface area contributed by atoms with Crippen molar-refractivity contribution in [2.24, 2.45) is 5.73 Å². The van der Waals surface area contributed by atoms with Gasteiger partial charge >= 0.3 is 6.03 Å². The van der Waals surface area contributed by atoms with Gasteiger partial charge in [0.2, 0.25) is 0 Å². The first-order valence-corrected chi connectivity index (χ1v) is 10.1. The third-order valence-corrected chi connectivity index (χ3v) is 5.29. The number of benzene rings is 3. The molecule has 0 saturated carbocycles. The number of amides is 3. The number of anilines is 2. The molecule has 0 atom stereocenters. The zero-order chi connectivity index (χ0) is 22.0. The average molecular weight is 433 g/mol. The van der Waals surface area contributed by atoms with Crippen LogP contribution in [0.25, 0.3) is 11.3 Å². The average Bonchev–Trinajstić information content (AvgIpc) is 3.08. The largest absolute Gasteiger partial charge is 0.354 e. The van der Waals surface area contributed by atoms with E-state index in [1.165, 1.54) is 4.90 Å². The maximum atomic E-state index is 12.9. The third kappa shape index (κ3) is 4.39. The minimum absolute atomic E-state index is 0.191. The number of primary amides is 1. The molecule has 0 unspecified atom stereocenters. The van der Waals surface area contributed by atoms with Gasteiger partial charge in [-0.05, 0) is 35.4 Å². The summed E-state index contributed by atoms with van der Waals surface area (Å²) in [5.74, 6) is -0.191. The Morgan fingerprint density at radius 1 is 1.06 bits per heavy atom. The van der Waals surface area contributed by atoms with Crippen LogP contribution in [0.1, 0.15) is 16.7 Å². The van der Waals surface area contributed by atoms with Gasteiger partial charge in [-0.15, -0.1) is 0 Å². The number of hydrogen-bond donors (Lipinski definition) is 3. The van der Waals surface area contributed by atoms with Crippen LogP contribution in [-0.4, -0.2) is 23.9 Å². The summed E-state index contributed by atoms with van der Waals surface area (Å²) in [7, 11) is 1.65. The van der Waals surface area contributed by atoms with Crippen LogP contribution < -0.4 is 16.4 Å². The first-order chi connectivity index (χ1) is 14.9. The third-order valence-electron chi connectivity index (χ3n) is 5.06. The van der Waals surface area contributed by atoms with E-state index in [0.717, 1.165) is 22.4 Å². The lowest BCUT2D eigenvalue weighted by atomic mass is 10.00. The lowest BCUT2D eigenvalue weighted by Crippen LogP contribution is -2.31. The van der Waals surface area contributed by atoms with Crippen molar-refractivity contribution in [1.82, 2.24) is 4.90 Å². The normalized spacial score (nSPS) is 13.9. The van der Waals surface area contributed by atoms with Gasteiger partial charge in [-0.3, -0.25) is 4.79 Å². The zero-order valence-electron chi connectivity index (χ0n) is 16.9. The zero-order valence-corrected chi connectivity index (χ0v) is 17.6. The summed E-state index contributed by atoms with van der Waals surface area (Å²) in [4.78, 5) is 25.6. The minimum atomic E-state index is -0.482. The monoisotopic (exact) mass is 432 g/mol. The molecule has 3 amide bonds. The predicted molar refractivity (Wildman–Crippen MR) is 124 cm³/mol. The van der Waals surface area contributed by atoms with Gasteiger partial charge in [0.25, 0.3) is 5.91 Å². The van der Waals surface area contributed by atoms with E-state index < -0.39 is 6.03 Å². The quantitative estimate of drug-likeness (QED) is 0.507. The Hall–Kier alpha value is -3.77. The van der Waals surface area contributed by atoms with Crippen LogP contribution in [0.3, 0.4) is 0 Å². The smallest absolute Gasteiger partial charge is 0.314 e. The van der Waals surface area contributed by atoms with Gasteiger partial charge in [-0.2, -0.15) is 0 Å². The van der Waals surface area contributed by atoms with Crippen LogP contribution in [0.4, 0.5) is 16.2 Å². The van der Waals surface area contributed by atoms with E-state index in [0.29, 0.717) is 28.5 Å². The Morgan fingerprint density at radius 2 is 1.77 bits per heavy atom. The predicted octanol–water partition coefficient (Wildman–Crippen LogP) is 4.78. The van der Waals surface area contributed by atoms with E-state index in [1.807, 2.05) is 60.7 Å². The fourth-order valence-electron chi connectivity index (χ4n) is 3.47. The molecule has 4 N–H and O–H groups in total. The molecular weight excluding hydrogens is 412 g/mol. The van der Waals surface area contributed by atoms with E-state index in [4.69, 9.17) is 17.3 Å². The van der Waals surface area contributed by atoms with Gasteiger partial charge in [0, 0.05) is 29.9 Å². The molecular formula is C24H21ClN4O2. The highest BCUT2D eigenvalue weighted by atomic mass is 35.5. The molecule has 0 aromatic heterocycles. The maximum absolute atomic E-state index is 12.9. The highest BCUT2D eigenvalue weighted by Gasteiger charge is 2.28. The Bertz CT molecular complexity index is 1170. The second kappa shape index (κ2) is 8.53. The van der Waals surface area contributed by atoms with Crippen LogP contribution in [0, 0.1) is 0 Å². The highest BCUT2D eigenvalue weighted by Crippen LogP contribution is 2.38. The fraction of sp³-hybridized carbons (Fsp3) is 0.0833. The SMILES string of the molecule is CN(Cc1ccc(N/C(=C2\C(=O)Nc3cc(Cl)ccc32)c2ccccc2)cc1)C(N)=O. The summed E-state index contributed by atoms with van der Waals surface area (Å²) in [6.07, 6.45) is 0. The van der Waals surface area contributed by atoms with Gasteiger partial charge in [0.1, 0.15) is 0 Å². The molecule has 1 aliphatic rings. The summed E-state index contributed by atoms with van der Waals surface area (Å²) in [5, 5.41) is 6.86. The maximum Gasteiger partial charge on any atom is 0.314 e. The Balaban J connectivity index is 1.72. The van der Waals surface area contributed by atoms with Crippen molar-refractivity contribution in [3.8, 4) is 0 Å². The molecule has 7 heteroatoms. The second-order valence-electron chi connectivity index (χ2n) is 7.28. The van der Waals surface area contributed by atoms with Crippen molar-refractivity contribution < 1.29 is 9.59 Å². The number of carbonyl (C=O) groups excluding carboxylic acids is 2. The summed E-state index contributed by atoms with van der Waals surface area (Å²) < 4.78 is 0. The number of nitrogens with zero attached hydrogens (tertiary/aromatic N) is 1. The standard InChI is InChI=1S/C24H21ClN4O2/c1-29(24(26)31)14-15-7-10-18(11-8-15)27-22(16-5-3-2-4-6-16)21-19-12-9-17(25)13-20(19)28-23(21)30/h2-13,27H,14H2,1H3,(H2,26,31)(H,28,30)/b22-21-. The number of carbonyl (C=O) groups is 2. The molecule has 0 aliphatic carbocycles. The summed E-state index contributed by atoms with van der Waals surface area (Å²) in [5.41, 5.74) is 10.7. The molecule has 1 aliphatic heterocycles. The van der Waals surface area contributed by atoms with Crippen molar-refractivity contribution in [3.05, 3.63) is 94.5 Å². The van der Waals surface area contributed by atoms with E-state index in [9.17, 15) is 9.59 Å². The molecule has 31 heavy (non-hydrogen) atoms. The molecule has 6 nitrogen and oxygen atoms in total. The van der Waals surface area contributed by atoms with Gasteiger partial charge in [0.05, 0.1) is 17.0 Å². The fourth-order valence-corrected chi connectivity index (χ4v) is 3.64. The van der Waals surface area contributed by atoms with Crippen molar-refractivity contribution in [1.29, 1.82) is 0 Å². The van der Waals surface area contributed by atoms with Crippen LogP contribution >= 0.6 is 11.6 Å². The van der Waals surface area contributed by atoms with E-state index in [2.05, 4.69) is 10.6 Å². The molecule has 0 fully saturated rings. The highest BCUT2D eigenvalue weighted by molar-refractivity contribution is 6.38. The lowest BCUT2D eigenvalue weighted by molar-refractivity contribution is -0.110. The molecule has 1 heterocycles.